The van der Waals surface area contributed by atoms with Gasteiger partial charge in [0.2, 0.25) is 0 Å². The molecule has 2 aromatic heterocycles. The summed E-state index contributed by atoms with van der Waals surface area (Å²) in [4.78, 5) is 16.9. The Hall–Kier alpha value is -2.14. The second-order valence-electron chi connectivity index (χ2n) is 7.04. The van der Waals surface area contributed by atoms with E-state index < -0.39 is 0 Å². The van der Waals surface area contributed by atoms with E-state index in [0.717, 1.165) is 32.0 Å². The Labute approximate surface area is 152 Å². The van der Waals surface area contributed by atoms with Crippen LogP contribution in [0.15, 0.2) is 30.6 Å². The molecule has 5 rings (SSSR count). The zero-order chi connectivity index (χ0) is 16.8. The highest BCUT2D eigenvalue weighted by molar-refractivity contribution is 7.19. The standard InChI is InChI=1S/C20H22N4S/c1-14-5-7-15(8-6-14)23-9-11-24(12-10-23)19-18-16-3-2-4-17(16)25-20(18)22-13-21-19/h5-8,13H,2-4,9-12H2,1H3. The maximum absolute atomic E-state index is 4.69. The summed E-state index contributed by atoms with van der Waals surface area (Å²) in [6.45, 7) is 6.26. The molecule has 0 unspecified atom stereocenters. The molecule has 0 saturated carbocycles. The lowest BCUT2D eigenvalue weighted by molar-refractivity contribution is 0.649. The van der Waals surface area contributed by atoms with Crippen LogP contribution < -0.4 is 9.80 Å². The topological polar surface area (TPSA) is 32.3 Å². The molecule has 1 aliphatic heterocycles. The third-order valence-electron chi connectivity index (χ3n) is 5.46. The van der Waals surface area contributed by atoms with Crippen LogP contribution >= 0.6 is 11.3 Å². The summed E-state index contributed by atoms with van der Waals surface area (Å²) in [6, 6.07) is 8.87. The number of fused-ring (bicyclic) bond motifs is 3. The van der Waals surface area contributed by atoms with Gasteiger partial charge in [-0.3, -0.25) is 0 Å². The quantitative estimate of drug-likeness (QED) is 0.703. The average Bonchev–Trinajstić information content (AvgIpc) is 3.23. The molecule has 1 saturated heterocycles. The number of piperazine rings is 1. The molecule has 5 heteroatoms. The van der Waals surface area contributed by atoms with Gasteiger partial charge in [0.15, 0.2) is 0 Å². The van der Waals surface area contributed by atoms with Gasteiger partial charge in [0.25, 0.3) is 0 Å². The van der Waals surface area contributed by atoms with E-state index in [2.05, 4.69) is 46.0 Å². The Balaban J connectivity index is 1.41. The van der Waals surface area contributed by atoms with Gasteiger partial charge in [-0.1, -0.05) is 17.7 Å². The average molecular weight is 350 g/mol. The van der Waals surface area contributed by atoms with Gasteiger partial charge in [0.05, 0.1) is 5.39 Å². The summed E-state index contributed by atoms with van der Waals surface area (Å²) in [7, 11) is 0. The molecule has 1 aromatic carbocycles. The van der Waals surface area contributed by atoms with Crippen molar-refractivity contribution in [2.24, 2.45) is 0 Å². The first-order valence-corrected chi connectivity index (χ1v) is 9.93. The van der Waals surface area contributed by atoms with E-state index >= 15 is 0 Å². The van der Waals surface area contributed by atoms with Gasteiger partial charge in [0.1, 0.15) is 17.0 Å². The predicted octanol–water partition coefficient (Wildman–Crippen LogP) is 3.82. The van der Waals surface area contributed by atoms with Crippen LogP contribution in [0.1, 0.15) is 22.4 Å². The van der Waals surface area contributed by atoms with E-state index in [-0.39, 0.29) is 0 Å². The van der Waals surface area contributed by atoms with E-state index in [1.54, 1.807) is 6.33 Å². The normalized spacial score (nSPS) is 17.3. The number of benzene rings is 1. The van der Waals surface area contributed by atoms with Crippen molar-refractivity contribution in [2.45, 2.75) is 26.2 Å². The minimum atomic E-state index is 1.02. The van der Waals surface area contributed by atoms with Crippen molar-refractivity contribution >= 4 is 33.1 Å². The molecule has 0 spiro atoms. The third-order valence-corrected chi connectivity index (χ3v) is 6.66. The molecule has 3 heterocycles. The minimum absolute atomic E-state index is 1.02. The van der Waals surface area contributed by atoms with Crippen LogP contribution in [0, 0.1) is 6.92 Å². The summed E-state index contributed by atoms with van der Waals surface area (Å²) in [5.74, 6) is 1.16. The number of aromatic nitrogens is 2. The minimum Gasteiger partial charge on any atom is -0.368 e. The summed E-state index contributed by atoms with van der Waals surface area (Å²) in [5.41, 5.74) is 4.17. The molecule has 1 fully saturated rings. The molecule has 25 heavy (non-hydrogen) atoms. The third kappa shape index (κ3) is 2.58. The second kappa shape index (κ2) is 5.99. The maximum atomic E-state index is 4.69. The largest absolute Gasteiger partial charge is 0.368 e. The van der Waals surface area contributed by atoms with E-state index in [1.807, 2.05) is 11.3 Å². The SMILES string of the molecule is Cc1ccc(N2CCN(c3ncnc4sc5c(c34)CCC5)CC2)cc1. The van der Waals surface area contributed by atoms with Crippen molar-refractivity contribution in [1.29, 1.82) is 0 Å². The summed E-state index contributed by atoms with van der Waals surface area (Å²) >= 11 is 1.88. The number of rotatable bonds is 2. The molecule has 0 N–H and O–H groups in total. The Bertz CT molecular complexity index is 907. The highest BCUT2D eigenvalue weighted by atomic mass is 32.1. The molecule has 128 valence electrons. The first-order valence-electron chi connectivity index (χ1n) is 9.11. The molecule has 0 amide bonds. The fourth-order valence-corrected chi connectivity index (χ4v) is 5.31. The molecule has 0 atom stereocenters. The van der Waals surface area contributed by atoms with Gasteiger partial charge in [-0.2, -0.15) is 0 Å². The van der Waals surface area contributed by atoms with Crippen LogP contribution in [-0.2, 0) is 12.8 Å². The van der Waals surface area contributed by atoms with Gasteiger partial charge >= 0.3 is 0 Å². The van der Waals surface area contributed by atoms with Crippen molar-refractivity contribution in [1.82, 2.24) is 9.97 Å². The fourth-order valence-electron chi connectivity index (χ4n) is 4.08. The number of hydrogen-bond acceptors (Lipinski definition) is 5. The molecule has 2 aliphatic rings. The van der Waals surface area contributed by atoms with Gasteiger partial charge < -0.3 is 9.80 Å². The van der Waals surface area contributed by atoms with Gasteiger partial charge in [-0.25, -0.2) is 9.97 Å². The van der Waals surface area contributed by atoms with E-state index in [4.69, 9.17) is 4.98 Å². The number of thiophene rings is 1. The highest BCUT2D eigenvalue weighted by Crippen LogP contribution is 2.40. The second-order valence-corrected chi connectivity index (χ2v) is 8.13. The molecular weight excluding hydrogens is 328 g/mol. The number of hydrogen-bond donors (Lipinski definition) is 0. The van der Waals surface area contributed by atoms with Crippen LogP contribution in [0.25, 0.3) is 10.2 Å². The van der Waals surface area contributed by atoms with E-state index in [0.29, 0.717) is 0 Å². The maximum Gasteiger partial charge on any atom is 0.141 e. The zero-order valence-corrected chi connectivity index (χ0v) is 15.4. The van der Waals surface area contributed by atoms with E-state index in [1.165, 1.54) is 51.2 Å². The van der Waals surface area contributed by atoms with Crippen LogP contribution in [0.2, 0.25) is 0 Å². The summed E-state index contributed by atoms with van der Waals surface area (Å²) < 4.78 is 0. The zero-order valence-electron chi connectivity index (χ0n) is 14.5. The first kappa shape index (κ1) is 15.1. The molecular formula is C20H22N4S. The monoisotopic (exact) mass is 350 g/mol. The summed E-state index contributed by atoms with van der Waals surface area (Å²) in [6.07, 6.45) is 5.44. The van der Waals surface area contributed by atoms with Crippen molar-refractivity contribution < 1.29 is 0 Å². The fraction of sp³-hybridized carbons (Fsp3) is 0.400. The Morgan fingerprint density at radius 3 is 2.48 bits per heavy atom. The van der Waals surface area contributed by atoms with Crippen LogP contribution in [-0.4, -0.2) is 36.1 Å². The predicted molar refractivity (Wildman–Crippen MR) is 105 cm³/mol. The van der Waals surface area contributed by atoms with Crippen molar-refractivity contribution in [3.63, 3.8) is 0 Å². The van der Waals surface area contributed by atoms with Crippen LogP contribution in [0.3, 0.4) is 0 Å². The molecule has 0 bridgehead atoms. The number of aryl methyl sites for hydroxylation is 3. The Morgan fingerprint density at radius 1 is 0.920 bits per heavy atom. The number of anilines is 2. The Kier molecular flexibility index (Phi) is 3.63. The van der Waals surface area contributed by atoms with Gasteiger partial charge in [0, 0.05) is 36.7 Å². The molecule has 3 aromatic rings. The van der Waals surface area contributed by atoms with Crippen molar-refractivity contribution in [3.05, 3.63) is 46.6 Å². The van der Waals surface area contributed by atoms with Crippen molar-refractivity contribution in [3.8, 4) is 0 Å². The highest BCUT2D eigenvalue weighted by Gasteiger charge is 2.25. The smallest absolute Gasteiger partial charge is 0.141 e. The first-order chi connectivity index (χ1) is 12.3. The molecule has 4 nitrogen and oxygen atoms in total. The van der Waals surface area contributed by atoms with Crippen LogP contribution in [0.4, 0.5) is 11.5 Å². The number of nitrogens with zero attached hydrogens (tertiary/aromatic N) is 4. The van der Waals surface area contributed by atoms with Crippen molar-refractivity contribution in [2.75, 3.05) is 36.0 Å². The summed E-state index contributed by atoms with van der Waals surface area (Å²) in [5, 5.41) is 1.34. The Morgan fingerprint density at radius 2 is 1.68 bits per heavy atom. The lowest BCUT2D eigenvalue weighted by Gasteiger charge is -2.37. The lowest BCUT2D eigenvalue weighted by Crippen LogP contribution is -2.46. The van der Waals surface area contributed by atoms with Gasteiger partial charge in [-0.05, 0) is 43.9 Å². The molecule has 1 aliphatic carbocycles. The lowest BCUT2D eigenvalue weighted by atomic mass is 10.1. The van der Waals surface area contributed by atoms with E-state index in [9.17, 15) is 0 Å². The van der Waals surface area contributed by atoms with Crippen LogP contribution in [0.5, 0.6) is 0 Å². The molecule has 0 radical (unpaired) electrons. The van der Waals surface area contributed by atoms with Gasteiger partial charge in [-0.15, -0.1) is 11.3 Å².